The molecule has 0 atom stereocenters. The second-order valence-corrected chi connectivity index (χ2v) is 5.47. The molecule has 0 aliphatic heterocycles. The van der Waals surface area contributed by atoms with Gasteiger partial charge in [0.2, 0.25) is 0 Å². The summed E-state index contributed by atoms with van der Waals surface area (Å²) < 4.78 is 15.1. The molecule has 0 unspecified atom stereocenters. The topological polar surface area (TPSA) is 38.1 Å². The Labute approximate surface area is 131 Å². The van der Waals surface area contributed by atoms with Gasteiger partial charge in [0.15, 0.2) is 0 Å². The third-order valence-corrected chi connectivity index (χ3v) is 4.06. The van der Waals surface area contributed by atoms with Gasteiger partial charge in [-0.15, -0.1) is 0 Å². The zero-order valence-corrected chi connectivity index (χ0v) is 13.6. The van der Waals surface area contributed by atoms with Gasteiger partial charge in [-0.1, -0.05) is 22.0 Å². The molecule has 0 aliphatic carbocycles. The van der Waals surface area contributed by atoms with Crippen molar-refractivity contribution < 1.29 is 4.39 Å². The molecule has 2 aromatic rings. The summed E-state index contributed by atoms with van der Waals surface area (Å²) in [4.78, 5) is 14.2. The summed E-state index contributed by atoms with van der Waals surface area (Å²) in [6.07, 6.45) is 1.69. The van der Waals surface area contributed by atoms with Gasteiger partial charge in [0.05, 0.1) is 18.4 Å². The smallest absolute Gasteiger partial charge is 0.269 e. The maximum Gasteiger partial charge on any atom is 0.269 e. The summed E-state index contributed by atoms with van der Waals surface area (Å²) in [6, 6.07) is 5.98. The van der Waals surface area contributed by atoms with E-state index in [4.69, 9.17) is 0 Å². The molecule has 4 nitrogen and oxygen atoms in total. The molecule has 1 aromatic heterocycles. The van der Waals surface area contributed by atoms with Crippen LogP contribution in [0.2, 0.25) is 0 Å². The van der Waals surface area contributed by atoms with E-state index in [1.54, 1.807) is 18.3 Å². The summed E-state index contributed by atoms with van der Waals surface area (Å²) >= 11 is 3.30. The fourth-order valence-corrected chi connectivity index (χ4v) is 2.59. The number of hydrogen-bond acceptors (Lipinski definition) is 3. The quantitative estimate of drug-likeness (QED) is 0.829. The molecular weight excluding hydrogens is 337 g/mol. The SMILES string of the molecule is CCN(CC)c1cnn(Cc2ccc(F)cc2Br)c(=O)c1. The molecule has 0 N–H and O–H groups in total. The average Bonchev–Trinajstić information content (AvgIpc) is 2.45. The minimum absolute atomic E-state index is 0.171. The van der Waals surface area contributed by atoms with E-state index in [-0.39, 0.29) is 11.4 Å². The molecule has 0 amide bonds. The Morgan fingerprint density at radius 3 is 2.57 bits per heavy atom. The molecular formula is C15H17BrFN3O. The zero-order valence-electron chi connectivity index (χ0n) is 12.0. The fourth-order valence-electron chi connectivity index (χ4n) is 2.12. The van der Waals surface area contributed by atoms with E-state index in [1.165, 1.54) is 16.8 Å². The number of hydrogen-bond donors (Lipinski definition) is 0. The number of nitrogens with zero attached hydrogens (tertiary/aromatic N) is 3. The molecule has 2 rings (SSSR count). The molecule has 6 heteroatoms. The van der Waals surface area contributed by atoms with Crippen molar-refractivity contribution in [3.8, 4) is 0 Å². The van der Waals surface area contributed by atoms with Crippen LogP contribution in [0.5, 0.6) is 0 Å². The molecule has 0 radical (unpaired) electrons. The summed E-state index contributed by atoms with van der Waals surface area (Å²) in [5.41, 5.74) is 1.46. The predicted octanol–water partition coefficient (Wildman–Crippen LogP) is 3.04. The minimum Gasteiger partial charge on any atom is -0.371 e. The summed E-state index contributed by atoms with van der Waals surface area (Å²) in [7, 11) is 0. The van der Waals surface area contributed by atoms with Crippen molar-refractivity contribution in [2.45, 2.75) is 20.4 Å². The first-order chi connectivity index (χ1) is 10.0. The number of aromatic nitrogens is 2. The van der Waals surface area contributed by atoms with Gasteiger partial charge >= 0.3 is 0 Å². The Balaban J connectivity index is 2.27. The van der Waals surface area contributed by atoms with E-state index in [0.29, 0.717) is 11.0 Å². The first kappa shape index (κ1) is 15.7. The lowest BCUT2D eigenvalue weighted by molar-refractivity contribution is 0.616. The van der Waals surface area contributed by atoms with E-state index in [2.05, 4.69) is 25.9 Å². The molecule has 1 aromatic carbocycles. The molecule has 0 saturated heterocycles. The third kappa shape index (κ3) is 3.69. The second kappa shape index (κ2) is 6.85. The molecule has 0 spiro atoms. The van der Waals surface area contributed by atoms with Crippen molar-refractivity contribution in [1.29, 1.82) is 0 Å². The monoisotopic (exact) mass is 353 g/mol. The lowest BCUT2D eigenvalue weighted by Gasteiger charge is -2.20. The van der Waals surface area contributed by atoms with E-state index >= 15 is 0 Å². The van der Waals surface area contributed by atoms with Gasteiger partial charge in [0, 0.05) is 23.6 Å². The lowest BCUT2D eigenvalue weighted by atomic mass is 10.2. The third-order valence-electron chi connectivity index (χ3n) is 3.32. The number of halogens is 2. The molecule has 0 bridgehead atoms. The van der Waals surface area contributed by atoms with Crippen molar-refractivity contribution in [2.75, 3.05) is 18.0 Å². The van der Waals surface area contributed by atoms with Crippen LogP contribution in [0.1, 0.15) is 19.4 Å². The predicted molar refractivity (Wildman–Crippen MR) is 85.3 cm³/mol. The van der Waals surface area contributed by atoms with Gasteiger partial charge in [-0.25, -0.2) is 9.07 Å². The van der Waals surface area contributed by atoms with Gasteiger partial charge in [0.1, 0.15) is 5.82 Å². The van der Waals surface area contributed by atoms with Crippen LogP contribution in [0, 0.1) is 5.82 Å². The van der Waals surface area contributed by atoms with E-state index in [0.717, 1.165) is 24.3 Å². The Morgan fingerprint density at radius 2 is 2.00 bits per heavy atom. The van der Waals surface area contributed by atoms with Crippen LogP contribution >= 0.6 is 15.9 Å². The molecule has 112 valence electrons. The van der Waals surface area contributed by atoms with Crippen molar-refractivity contribution >= 4 is 21.6 Å². The highest BCUT2D eigenvalue weighted by atomic mass is 79.9. The highest BCUT2D eigenvalue weighted by Gasteiger charge is 2.08. The Hall–Kier alpha value is -1.69. The number of rotatable bonds is 5. The largest absolute Gasteiger partial charge is 0.371 e. The maximum absolute atomic E-state index is 13.1. The Kier molecular flexibility index (Phi) is 5.12. The van der Waals surface area contributed by atoms with Crippen molar-refractivity contribution in [3.05, 3.63) is 56.7 Å². The van der Waals surface area contributed by atoms with Crippen LogP contribution in [-0.2, 0) is 6.54 Å². The second-order valence-electron chi connectivity index (χ2n) is 4.62. The van der Waals surface area contributed by atoms with Gasteiger partial charge < -0.3 is 4.90 Å². The van der Waals surface area contributed by atoms with Crippen LogP contribution < -0.4 is 10.5 Å². The first-order valence-electron chi connectivity index (χ1n) is 6.81. The van der Waals surface area contributed by atoms with Gasteiger partial charge in [-0.2, -0.15) is 5.10 Å². The highest BCUT2D eigenvalue weighted by molar-refractivity contribution is 9.10. The first-order valence-corrected chi connectivity index (χ1v) is 7.60. The van der Waals surface area contributed by atoms with Crippen LogP contribution in [0.4, 0.5) is 10.1 Å². The molecule has 0 fully saturated rings. The van der Waals surface area contributed by atoms with Gasteiger partial charge in [0.25, 0.3) is 5.56 Å². The van der Waals surface area contributed by atoms with E-state index in [1.807, 2.05) is 13.8 Å². The van der Waals surface area contributed by atoms with Crippen molar-refractivity contribution in [2.24, 2.45) is 0 Å². The average molecular weight is 354 g/mol. The zero-order chi connectivity index (χ0) is 15.4. The summed E-state index contributed by atoms with van der Waals surface area (Å²) in [5, 5.41) is 4.20. The van der Waals surface area contributed by atoms with Crippen LogP contribution in [0.3, 0.4) is 0 Å². The Morgan fingerprint density at radius 1 is 1.29 bits per heavy atom. The van der Waals surface area contributed by atoms with Gasteiger partial charge in [-0.05, 0) is 31.5 Å². The van der Waals surface area contributed by atoms with Crippen molar-refractivity contribution in [1.82, 2.24) is 9.78 Å². The normalized spacial score (nSPS) is 10.7. The number of anilines is 1. The molecule has 1 heterocycles. The molecule has 0 aliphatic rings. The van der Waals surface area contributed by atoms with Crippen LogP contribution in [0.15, 0.2) is 39.7 Å². The number of benzene rings is 1. The lowest BCUT2D eigenvalue weighted by Crippen LogP contribution is -2.28. The Bertz CT molecular complexity index is 683. The van der Waals surface area contributed by atoms with Gasteiger partial charge in [-0.3, -0.25) is 4.79 Å². The standard InChI is InChI=1S/C15H17BrFN3O/c1-3-19(4-2)13-8-15(21)20(18-9-13)10-11-5-6-12(17)7-14(11)16/h5-9H,3-4,10H2,1-2H3. The highest BCUT2D eigenvalue weighted by Crippen LogP contribution is 2.18. The molecule has 0 saturated carbocycles. The van der Waals surface area contributed by atoms with Crippen LogP contribution in [-0.4, -0.2) is 22.9 Å². The van der Waals surface area contributed by atoms with Crippen molar-refractivity contribution in [3.63, 3.8) is 0 Å². The maximum atomic E-state index is 13.1. The molecule has 21 heavy (non-hydrogen) atoms. The van der Waals surface area contributed by atoms with Crippen LogP contribution in [0.25, 0.3) is 0 Å². The fraction of sp³-hybridized carbons (Fsp3) is 0.333. The summed E-state index contributed by atoms with van der Waals surface area (Å²) in [6.45, 7) is 6.02. The summed E-state index contributed by atoms with van der Waals surface area (Å²) in [5.74, 6) is -0.317. The van der Waals surface area contributed by atoms with E-state index < -0.39 is 0 Å². The minimum atomic E-state index is -0.317. The van der Waals surface area contributed by atoms with E-state index in [9.17, 15) is 9.18 Å².